The van der Waals surface area contributed by atoms with E-state index in [9.17, 15) is 13.2 Å². The van der Waals surface area contributed by atoms with Gasteiger partial charge in [0.2, 0.25) is 0 Å². The predicted molar refractivity (Wildman–Crippen MR) is 51.7 cm³/mol. The van der Waals surface area contributed by atoms with Crippen molar-refractivity contribution >= 4 is 0 Å². The number of hydrogen-bond donors (Lipinski definition) is 1. The molecule has 0 aromatic heterocycles. The molecule has 1 aromatic carbocycles. The molecule has 0 saturated carbocycles. The van der Waals surface area contributed by atoms with Gasteiger partial charge in [-0.1, -0.05) is 0 Å². The van der Waals surface area contributed by atoms with Crippen molar-refractivity contribution in [2.45, 2.75) is 6.54 Å². The van der Waals surface area contributed by atoms with E-state index in [0.717, 1.165) is 0 Å². The molecule has 15 heavy (non-hydrogen) atoms. The van der Waals surface area contributed by atoms with Crippen molar-refractivity contribution in [2.24, 2.45) is 5.73 Å². The average molecular weight is 218 g/mol. The number of benzene rings is 1. The largest absolute Gasteiger partial charge is 0.329 e. The monoisotopic (exact) mass is 218 g/mol. The molecule has 0 aliphatic carbocycles. The highest BCUT2D eigenvalue weighted by Gasteiger charge is 2.12. The van der Waals surface area contributed by atoms with Gasteiger partial charge in [0, 0.05) is 37.3 Å². The van der Waals surface area contributed by atoms with Gasteiger partial charge in [0.25, 0.3) is 0 Å². The van der Waals surface area contributed by atoms with Crippen molar-refractivity contribution in [2.75, 3.05) is 20.1 Å². The third-order valence-electron chi connectivity index (χ3n) is 2.04. The van der Waals surface area contributed by atoms with Crippen LogP contribution in [0.25, 0.3) is 0 Å². The number of halogens is 3. The second-order valence-corrected chi connectivity index (χ2v) is 3.37. The summed E-state index contributed by atoms with van der Waals surface area (Å²) < 4.78 is 38.9. The first-order valence-electron chi connectivity index (χ1n) is 4.56. The fourth-order valence-electron chi connectivity index (χ4n) is 1.29. The Balaban J connectivity index is 2.85. The van der Waals surface area contributed by atoms with Gasteiger partial charge >= 0.3 is 0 Å². The Morgan fingerprint density at radius 2 is 1.73 bits per heavy atom. The van der Waals surface area contributed by atoms with Crippen LogP contribution in [0.4, 0.5) is 13.2 Å². The van der Waals surface area contributed by atoms with Crippen LogP contribution in [-0.2, 0) is 6.54 Å². The van der Waals surface area contributed by atoms with E-state index >= 15 is 0 Å². The number of nitrogens with zero attached hydrogens (tertiary/aromatic N) is 1. The Morgan fingerprint density at radius 3 is 2.20 bits per heavy atom. The molecule has 2 nitrogen and oxygen atoms in total. The number of rotatable bonds is 4. The van der Waals surface area contributed by atoms with Gasteiger partial charge in [0.15, 0.2) is 0 Å². The Kier molecular flexibility index (Phi) is 4.11. The Labute approximate surface area is 86.5 Å². The molecule has 1 rings (SSSR count). The van der Waals surface area contributed by atoms with Crippen molar-refractivity contribution in [1.82, 2.24) is 4.90 Å². The van der Waals surface area contributed by atoms with Crippen molar-refractivity contribution in [3.8, 4) is 0 Å². The quantitative estimate of drug-likeness (QED) is 0.829. The first kappa shape index (κ1) is 12.0. The smallest absolute Gasteiger partial charge is 0.133 e. The van der Waals surface area contributed by atoms with Crippen LogP contribution in [0, 0.1) is 17.5 Å². The number of likely N-dealkylation sites (N-methyl/N-ethyl adjacent to an activating group) is 1. The maximum absolute atomic E-state index is 13.2. The lowest BCUT2D eigenvalue weighted by Gasteiger charge is -2.16. The fourth-order valence-corrected chi connectivity index (χ4v) is 1.29. The summed E-state index contributed by atoms with van der Waals surface area (Å²) in [4.78, 5) is 1.67. The van der Waals surface area contributed by atoms with Gasteiger partial charge < -0.3 is 10.6 Å². The van der Waals surface area contributed by atoms with Gasteiger partial charge in [-0.05, 0) is 7.05 Å². The van der Waals surface area contributed by atoms with E-state index in [-0.39, 0.29) is 12.1 Å². The number of nitrogens with two attached hydrogens (primary N) is 1. The Bertz CT molecular complexity index is 318. The normalized spacial score (nSPS) is 11.1. The molecule has 2 N–H and O–H groups in total. The van der Waals surface area contributed by atoms with E-state index in [1.54, 1.807) is 11.9 Å². The maximum Gasteiger partial charge on any atom is 0.133 e. The van der Waals surface area contributed by atoms with Crippen LogP contribution in [0.1, 0.15) is 5.56 Å². The molecule has 84 valence electrons. The summed E-state index contributed by atoms with van der Waals surface area (Å²) in [5.41, 5.74) is 5.16. The zero-order valence-electron chi connectivity index (χ0n) is 8.43. The minimum atomic E-state index is -0.907. The van der Waals surface area contributed by atoms with E-state index in [2.05, 4.69) is 0 Å². The lowest BCUT2D eigenvalue weighted by molar-refractivity contribution is 0.322. The summed E-state index contributed by atoms with van der Waals surface area (Å²) in [5, 5.41) is 0. The molecule has 0 saturated heterocycles. The van der Waals surface area contributed by atoms with E-state index < -0.39 is 17.5 Å². The summed E-state index contributed by atoms with van der Waals surface area (Å²) in [7, 11) is 1.69. The minimum absolute atomic E-state index is 0.0785. The molecule has 5 heteroatoms. The summed E-state index contributed by atoms with van der Waals surface area (Å²) in [6, 6.07) is 1.35. The molecule has 0 unspecified atom stereocenters. The van der Waals surface area contributed by atoms with Gasteiger partial charge in [-0.25, -0.2) is 13.2 Å². The van der Waals surface area contributed by atoms with Gasteiger partial charge in [-0.15, -0.1) is 0 Å². The zero-order chi connectivity index (χ0) is 11.4. The predicted octanol–water partition coefficient (Wildman–Crippen LogP) is 1.49. The van der Waals surface area contributed by atoms with Crippen LogP contribution in [0.3, 0.4) is 0 Å². The van der Waals surface area contributed by atoms with Gasteiger partial charge in [-0.3, -0.25) is 0 Å². The molecule has 0 heterocycles. The molecular formula is C10H13F3N2. The van der Waals surface area contributed by atoms with E-state index in [0.29, 0.717) is 25.2 Å². The Hall–Kier alpha value is -1.07. The van der Waals surface area contributed by atoms with Gasteiger partial charge in [-0.2, -0.15) is 0 Å². The maximum atomic E-state index is 13.2. The standard InChI is InChI=1S/C10H13F3N2/c1-15(3-2-14)6-8-9(12)4-7(11)5-10(8)13/h4-5H,2-3,6,14H2,1H3. The highest BCUT2D eigenvalue weighted by atomic mass is 19.1. The minimum Gasteiger partial charge on any atom is -0.329 e. The van der Waals surface area contributed by atoms with E-state index in [1.165, 1.54) is 0 Å². The first-order valence-corrected chi connectivity index (χ1v) is 4.56. The topological polar surface area (TPSA) is 29.3 Å². The van der Waals surface area contributed by atoms with Crippen LogP contribution in [-0.4, -0.2) is 25.0 Å². The van der Waals surface area contributed by atoms with E-state index in [4.69, 9.17) is 5.73 Å². The van der Waals surface area contributed by atoms with Gasteiger partial charge in [0.1, 0.15) is 17.5 Å². The molecule has 0 amide bonds. The van der Waals surface area contributed by atoms with Crippen LogP contribution in [0.5, 0.6) is 0 Å². The van der Waals surface area contributed by atoms with Crippen LogP contribution in [0.2, 0.25) is 0 Å². The summed E-state index contributed by atoms with van der Waals surface area (Å²) in [5.74, 6) is -2.64. The molecule has 1 aromatic rings. The molecule has 0 fully saturated rings. The molecule has 0 aliphatic rings. The molecule has 0 atom stereocenters. The summed E-state index contributed by atoms with van der Waals surface area (Å²) in [6.45, 7) is 1.01. The van der Waals surface area contributed by atoms with Crippen molar-refractivity contribution in [1.29, 1.82) is 0 Å². The molecule has 0 bridgehead atoms. The van der Waals surface area contributed by atoms with Crippen molar-refractivity contribution in [3.05, 3.63) is 35.1 Å². The zero-order valence-corrected chi connectivity index (χ0v) is 8.43. The third-order valence-corrected chi connectivity index (χ3v) is 2.04. The molecule has 0 radical (unpaired) electrons. The summed E-state index contributed by atoms with van der Waals surface area (Å²) >= 11 is 0. The number of hydrogen-bond acceptors (Lipinski definition) is 2. The van der Waals surface area contributed by atoms with Crippen LogP contribution < -0.4 is 5.73 Å². The van der Waals surface area contributed by atoms with Crippen LogP contribution in [0.15, 0.2) is 12.1 Å². The van der Waals surface area contributed by atoms with E-state index in [1.807, 2.05) is 0 Å². The lowest BCUT2D eigenvalue weighted by atomic mass is 10.2. The van der Waals surface area contributed by atoms with Crippen molar-refractivity contribution < 1.29 is 13.2 Å². The van der Waals surface area contributed by atoms with Crippen LogP contribution >= 0.6 is 0 Å². The fraction of sp³-hybridized carbons (Fsp3) is 0.400. The SMILES string of the molecule is CN(CCN)Cc1c(F)cc(F)cc1F. The molecular weight excluding hydrogens is 205 g/mol. The second kappa shape index (κ2) is 5.14. The third kappa shape index (κ3) is 3.21. The molecule has 0 spiro atoms. The highest BCUT2D eigenvalue weighted by molar-refractivity contribution is 5.20. The first-order chi connectivity index (χ1) is 7.04. The highest BCUT2D eigenvalue weighted by Crippen LogP contribution is 2.16. The van der Waals surface area contributed by atoms with Gasteiger partial charge in [0.05, 0.1) is 0 Å². The Morgan fingerprint density at radius 1 is 1.20 bits per heavy atom. The lowest BCUT2D eigenvalue weighted by Crippen LogP contribution is -2.26. The average Bonchev–Trinajstić information content (AvgIpc) is 2.11. The van der Waals surface area contributed by atoms with Crippen molar-refractivity contribution in [3.63, 3.8) is 0 Å². The molecule has 0 aliphatic heterocycles. The summed E-state index contributed by atoms with van der Waals surface area (Å²) in [6.07, 6.45) is 0. The second-order valence-electron chi connectivity index (χ2n) is 3.37.